The smallest absolute Gasteiger partial charge is 0.328 e. The third-order valence-electron chi connectivity index (χ3n) is 8.30. The predicted octanol–water partition coefficient (Wildman–Crippen LogP) is 5.04. The van der Waals surface area contributed by atoms with Gasteiger partial charge < -0.3 is 29.4 Å². The number of piperazine rings is 1. The molecular weight excluding hydrogens is 614 g/mol. The molecule has 1 aliphatic rings. The average Bonchev–Trinajstić information content (AvgIpc) is 3.68. The van der Waals surface area contributed by atoms with Crippen LogP contribution in [0.3, 0.4) is 0 Å². The lowest BCUT2D eigenvalue weighted by Crippen LogP contribution is -2.42. The van der Waals surface area contributed by atoms with Crippen LogP contribution in [-0.4, -0.2) is 71.4 Å². The minimum absolute atomic E-state index is 0.229. The van der Waals surface area contributed by atoms with E-state index in [2.05, 4.69) is 39.2 Å². The minimum atomic E-state index is -0.229. The number of nitrogens with zero attached hydrogens (tertiary/aromatic N) is 5. The summed E-state index contributed by atoms with van der Waals surface area (Å²) in [6.07, 6.45) is 1.86. The fourth-order valence-electron chi connectivity index (χ4n) is 5.69. The Kier molecular flexibility index (Phi) is 10.7. The summed E-state index contributed by atoms with van der Waals surface area (Å²) in [6, 6.07) is 20.5. The number of hydrogen-bond donors (Lipinski definition) is 2. The van der Waals surface area contributed by atoms with Gasteiger partial charge in [0.1, 0.15) is 17.0 Å². The van der Waals surface area contributed by atoms with Crippen LogP contribution in [0.15, 0.2) is 65.5 Å². The molecule has 5 aromatic rings. The lowest BCUT2D eigenvalue weighted by molar-refractivity contribution is 0.235. The molecule has 2 N–H and O–H groups in total. The molecule has 1 aliphatic heterocycles. The summed E-state index contributed by atoms with van der Waals surface area (Å²) < 4.78 is 18.6. The molecule has 11 nitrogen and oxygen atoms in total. The number of benzene rings is 2. The van der Waals surface area contributed by atoms with E-state index in [1.54, 1.807) is 30.1 Å². The van der Waals surface area contributed by atoms with Gasteiger partial charge in [0.15, 0.2) is 11.5 Å². The van der Waals surface area contributed by atoms with Crippen LogP contribution < -0.4 is 30.1 Å². The molecule has 0 spiro atoms. The fraction of sp³-hybridized carbons (Fsp3) is 0.400. The SMILES string of the molecule is CCCCOc1nc(N(Cc2ccc(OC)cc2)Cc2ccc(OC)cc2)c2[nH]c(=O)n(Cc3ccc(CN4CCNCC4)s3)c2n1. The van der Waals surface area contributed by atoms with Gasteiger partial charge in [0.05, 0.1) is 27.4 Å². The first-order valence-corrected chi connectivity index (χ1v) is 17.0. The molecule has 47 heavy (non-hydrogen) atoms. The Morgan fingerprint density at radius 3 is 2.06 bits per heavy atom. The van der Waals surface area contributed by atoms with Gasteiger partial charge in [-0.25, -0.2) is 4.79 Å². The highest BCUT2D eigenvalue weighted by molar-refractivity contribution is 7.11. The zero-order valence-electron chi connectivity index (χ0n) is 27.3. The molecule has 0 bridgehead atoms. The number of rotatable bonds is 15. The van der Waals surface area contributed by atoms with Crippen molar-refractivity contribution < 1.29 is 14.2 Å². The zero-order valence-corrected chi connectivity index (χ0v) is 28.1. The summed E-state index contributed by atoms with van der Waals surface area (Å²) in [4.78, 5) is 33.4. The number of hydrogen-bond acceptors (Lipinski definition) is 10. The molecule has 0 aliphatic carbocycles. The number of nitrogens with one attached hydrogen (secondary N) is 2. The second-order valence-electron chi connectivity index (χ2n) is 11.7. The van der Waals surface area contributed by atoms with E-state index < -0.39 is 0 Å². The van der Waals surface area contributed by atoms with Crippen molar-refractivity contribution >= 4 is 28.3 Å². The van der Waals surface area contributed by atoms with Crippen molar-refractivity contribution in [2.75, 3.05) is 51.9 Å². The first-order chi connectivity index (χ1) is 23.0. The van der Waals surface area contributed by atoms with Gasteiger partial charge in [-0.15, -0.1) is 11.3 Å². The summed E-state index contributed by atoms with van der Waals surface area (Å²) in [5.74, 6) is 2.18. The summed E-state index contributed by atoms with van der Waals surface area (Å²) in [7, 11) is 3.32. The Morgan fingerprint density at radius 1 is 0.851 bits per heavy atom. The van der Waals surface area contributed by atoms with E-state index in [1.165, 1.54) is 4.88 Å². The summed E-state index contributed by atoms with van der Waals surface area (Å²) >= 11 is 1.74. The van der Waals surface area contributed by atoms with Crippen LogP contribution >= 0.6 is 11.3 Å². The third kappa shape index (κ3) is 8.13. The largest absolute Gasteiger partial charge is 0.497 e. The number of ether oxygens (including phenoxy) is 3. The second kappa shape index (κ2) is 15.5. The van der Waals surface area contributed by atoms with Crippen molar-refractivity contribution in [2.45, 2.75) is 45.9 Å². The number of anilines is 1. The van der Waals surface area contributed by atoms with E-state index in [0.717, 1.165) is 73.1 Å². The molecule has 0 radical (unpaired) electrons. The number of fused-ring (bicyclic) bond motifs is 1. The molecule has 0 atom stereocenters. The van der Waals surface area contributed by atoms with Gasteiger partial charge >= 0.3 is 11.7 Å². The first kappa shape index (κ1) is 32.5. The van der Waals surface area contributed by atoms with Crippen LogP contribution in [0.5, 0.6) is 17.5 Å². The van der Waals surface area contributed by atoms with Gasteiger partial charge in [-0.05, 0) is 53.9 Å². The van der Waals surface area contributed by atoms with Crippen molar-refractivity contribution in [2.24, 2.45) is 0 Å². The van der Waals surface area contributed by atoms with Crippen molar-refractivity contribution in [3.05, 3.63) is 92.0 Å². The van der Waals surface area contributed by atoms with Gasteiger partial charge in [-0.3, -0.25) is 9.47 Å². The minimum Gasteiger partial charge on any atom is -0.497 e. The number of methoxy groups -OCH3 is 2. The average molecular weight is 658 g/mol. The van der Waals surface area contributed by atoms with Gasteiger partial charge in [-0.1, -0.05) is 37.6 Å². The maximum absolute atomic E-state index is 13.6. The highest BCUT2D eigenvalue weighted by Crippen LogP contribution is 2.29. The molecule has 248 valence electrons. The second-order valence-corrected chi connectivity index (χ2v) is 12.9. The normalized spacial score (nSPS) is 13.6. The lowest BCUT2D eigenvalue weighted by atomic mass is 10.1. The maximum Gasteiger partial charge on any atom is 0.328 e. The molecule has 3 aromatic heterocycles. The molecule has 0 amide bonds. The Morgan fingerprint density at radius 2 is 1.47 bits per heavy atom. The summed E-state index contributed by atoms with van der Waals surface area (Å²) in [6.45, 7) is 9.12. The zero-order chi connectivity index (χ0) is 32.6. The third-order valence-corrected chi connectivity index (χ3v) is 9.35. The maximum atomic E-state index is 13.6. The summed E-state index contributed by atoms with van der Waals surface area (Å²) in [5, 5.41) is 3.41. The molecule has 0 unspecified atom stereocenters. The van der Waals surface area contributed by atoms with Crippen LogP contribution in [0.4, 0.5) is 5.82 Å². The van der Waals surface area contributed by atoms with E-state index in [1.807, 2.05) is 48.5 Å². The molecule has 6 rings (SSSR count). The monoisotopic (exact) mass is 657 g/mol. The van der Waals surface area contributed by atoms with Crippen LogP contribution in [0, 0.1) is 0 Å². The Bertz CT molecular complexity index is 1740. The van der Waals surface area contributed by atoms with Gasteiger partial charge in [0, 0.05) is 55.6 Å². The van der Waals surface area contributed by atoms with Crippen LogP contribution in [-0.2, 0) is 26.2 Å². The number of aromatic nitrogens is 4. The van der Waals surface area contributed by atoms with Crippen LogP contribution in [0.2, 0.25) is 0 Å². The number of imidazole rings is 1. The number of aromatic amines is 1. The topological polar surface area (TPSA) is 110 Å². The number of unbranched alkanes of at least 4 members (excludes halogenated alkanes) is 1. The van der Waals surface area contributed by atoms with Crippen molar-refractivity contribution in [1.82, 2.24) is 29.7 Å². The Labute approximate surface area is 279 Å². The highest BCUT2D eigenvalue weighted by atomic mass is 32.1. The Balaban J connectivity index is 1.37. The van der Waals surface area contributed by atoms with Crippen molar-refractivity contribution in [3.63, 3.8) is 0 Å². The summed E-state index contributed by atoms with van der Waals surface area (Å²) in [5.41, 5.74) is 3.01. The molecule has 2 aromatic carbocycles. The molecule has 12 heteroatoms. The molecule has 1 saturated heterocycles. The number of thiophene rings is 1. The lowest BCUT2D eigenvalue weighted by Gasteiger charge is -2.26. The molecular formula is C35H43N7O4S. The predicted molar refractivity (Wildman–Crippen MR) is 186 cm³/mol. The van der Waals surface area contributed by atoms with Crippen molar-refractivity contribution in [1.29, 1.82) is 0 Å². The van der Waals surface area contributed by atoms with E-state index >= 15 is 0 Å². The standard InChI is InChI=1S/C35H43N7O4S/c1-4-5-20-46-34-38-32(41(21-25-6-10-27(44-2)11-7-25)22-26-8-12-28(45-3)13-9-26)31-33(39-34)42(35(43)37-31)24-30-15-14-29(47-30)23-40-18-16-36-17-19-40/h6-15,36H,4-5,16-24H2,1-3H3,(H,37,43). The molecule has 0 saturated carbocycles. The molecule has 4 heterocycles. The van der Waals surface area contributed by atoms with Gasteiger partial charge in [-0.2, -0.15) is 9.97 Å². The fourth-order valence-corrected chi connectivity index (χ4v) is 6.74. The highest BCUT2D eigenvalue weighted by Gasteiger charge is 2.22. The first-order valence-electron chi connectivity index (χ1n) is 16.2. The Hall–Kier alpha value is -4.39. The van der Waals surface area contributed by atoms with E-state index in [4.69, 9.17) is 24.2 Å². The van der Waals surface area contributed by atoms with Gasteiger partial charge in [0.2, 0.25) is 0 Å². The van der Waals surface area contributed by atoms with E-state index in [9.17, 15) is 4.79 Å². The molecule has 1 fully saturated rings. The van der Waals surface area contributed by atoms with Crippen LogP contribution in [0.1, 0.15) is 40.6 Å². The van der Waals surface area contributed by atoms with Gasteiger partial charge in [0.25, 0.3) is 0 Å². The quantitative estimate of drug-likeness (QED) is 0.150. The van der Waals surface area contributed by atoms with E-state index in [-0.39, 0.29) is 11.7 Å². The van der Waals surface area contributed by atoms with E-state index in [0.29, 0.717) is 43.2 Å². The number of H-pyrrole nitrogens is 1. The van der Waals surface area contributed by atoms with Crippen LogP contribution in [0.25, 0.3) is 11.2 Å². The van der Waals surface area contributed by atoms with Crippen molar-refractivity contribution in [3.8, 4) is 17.5 Å².